The first-order valence-electron chi connectivity index (χ1n) is 6.08. The highest BCUT2D eigenvalue weighted by Gasteiger charge is 2.46. The van der Waals surface area contributed by atoms with Gasteiger partial charge < -0.3 is 16.1 Å². The number of rotatable bonds is 0. The van der Waals surface area contributed by atoms with E-state index in [1.807, 2.05) is 0 Å². The summed E-state index contributed by atoms with van der Waals surface area (Å²) in [6.45, 7) is 6.83. The van der Waals surface area contributed by atoms with Crippen molar-refractivity contribution in [1.29, 1.82) is 0 Å². The molecular weight excluding hydrogens is 248 g/mol. The second kappa shape index (κ2) is 4.17. The van der Waals surface area contributed by atoms with Gasteiger partial charge >= 0.3 is 0 Å². The Morgan fingerprint density at radius 3 is 1.68 bits per heavy atom. The highest BCUT2D eigenvalue weighted by Crippen LogP contribution is 2.31. The van der Waals surface area contributed by atoms with E-state index >= 15 is 0 Å². The Bertz CT molecular complexity index is 440. The number of hydrogen-bond acceptors (Lipinski definition) is 6. The lowest BCUT2D eigenvalue weighted by Gasteiger charge is -2.36. The molecule has 106 valence electrons. The van der Waals surface area contributed by atoms with Gasteiger partial charge in [0.1, 0.15) is 0 Å². The highest BCUT2D eigenvalue weighted by molar-refractivity contribution is 5.93. The summed E-state index contributed by atoms with van der Waals surface area (Å²) in [5.74, 6) is 5.52. The number of hydrogen-bond donors (Lipinski definition) is 3. The third kappa shape index (κ3) is 2.28. The first-order chi connectivity index (χ1) is 8.67. The van der Waals surface area contributed by atoms with E-state index in [9.17, 15) is 10.2 Å². The zero-order chi connectivity index (χ0) is 14.4. The van der Waals surface area contributed by atoms with Gasteiger partial charge in [-0.15, -0.1) is 5.10 Å². The van der Waals surface area contributed by atoms with Crippen molar-refractivity contribution in [2.45, 2.75) is 52.0 Å². The fourth-order valence-corrected chi connectivity index (χ4v) is 2.47. The maximum Gasteiger partial charge on any atom is 0.265 e. The van der Waals surface area contributed by atoms with Gasteiger partial charge in [-0.1, -0.05) is 0 Å². The summed E-state index contributed by atoms with van der Waals surface area (Å²) in [5.41, 5.74) is -0.953. The smallest absolute Gasteiger partial charge is 0.265 e. The van der Waals surface area contributed by atoms with Gasteiger partial charge in [0.15, 0.2) is 11.4 Å². The van der Waals surface area contributed by atoms with Crippen LogP contribution in [0.1, 0.15) is 40.5 Å². The molecule has 2 aliphatic rings. The topological polar surface area (TPSA) is 110 Å². The van der Waals surface area contributed by atoms with Gasteiger partial charge in [-0.05, 0) is 27.7 Å². The first kappa shape index (κ1) is 13.8. The van der Waals surface area contributed by atoms with Crippen LogP contribution in [-0.2, 0) is 0 Å². The molecule has 8 nitrogen and oxygen atoms in total. The van der Waals surface area contributed by atoms with Crippen LogP contribution in [0.2, 0.25) is 0 Å². The average molecular weight is 268 g/mol. The molecule has 2 heterocycles. The molecule has 19 heavy (non-hydrogen) atoms. The van der Waals surface area contributed by atoms with Crippen LogP contribution in [0.4, 0.5) is 0 Å². The molecule has 2 rings (SSSR count). The molecule has 2 aliphatic heterocycles. The summed E-state index contributed by atoms with van der Waals surface area (Å²) >= 11 is 0. The molecule has 0 saturated heterocycles. The Hall–Kier alpha value is -1.67. The average Bonchev–Trinajstić information content (AvgIpc) is 2.65. The van der Waals surface area contributed by atoms with Crippen molar-refractivity contribution >= 4 is 17.4 Å². The largest absolute Gasteiger partial charge is 0.369 e. The molecule has 0 radical (unpaired) electrons. The van der Waals surface area contributed by atoms with Gasteiger partial charge in [0.2, 0.25) is 0 Å². The van der Waals surface area contributed by atoms with Crippen LogP contribution in [0.3, 0.4) is 0 Å². The fraction of sp³-hybridized carbons (Fsp3) is 0.727. The molecule has 2 unspecified atom stereocenters. The summed E-state index contributed by atoms with van der Waals surface area (Å²) in [5, 5.41) is 35.3. The van der Waals surface area contributed by atoms with Gasteiger partial charge in [-0.2, -0.15) is 20.2 Å². The second-order valence-electron chi connectivity index (χ2n) is 5.51. The van der Waals surface area contributed by atoms with Crippen molar-refractivity contribution < 1.29 is 10.2 Å². The van der Waals surface area contributed by atoms with E-state index in [0.29, 0.717) is 12.8 Å². The van der Waals surface area contributed by atoms with Crippen molar-refractivity contribution in [3.63, 3.8) is 0 Å². The Labute approximate surface area is 111 Å². The molecule has 0 bridgehead atoms. The van der Waals surface area contributed by atoms with E-state index in [2.05, 4.69) is 15.3 Å². The molecule has 8 heteroatoms. The lowest BCUT2D eigenvalue weighted by Crippen LogP contribution is -2.54. The zero-order valence-corrected chi connectivity index (χ0v) is 11.6. The number of guanidine groups is 1. The Balaban J connectivity index is 2.37. The third-order valence-electron chi connectivity index (χ3n) is 3.13. The molecule has 0 spiro atoms. The van der Waals surface area contributed by atoms with Crippen LogP contribution in [0.15, 0.2) is 15.3 Å². The van der Waals surface area contributed by atoms with E-state index in [0.717, 1.165) is 11.4 Å². The molecule has 2 atom stereocenters. The van der Waals surface area contributed by atoms with E-state index in [4.69, 9.17) is 5.84 Å². The molecule has 0 aromatic heterocycles. The minimum absolute atomic E-state index is 0.115. The van der Waals surface area contributed by atoms with Gasteiger partial charge in [0.25, 0.3) is 5.96 Å². The van der Waals surface area contributed by atoms with Gasteiger partial charge in [0, 0.05) is 24.3 Å². The normalized spacial score (nSPS) is 34.4. The molecule has 0 aromatic rings. The summed E-state index contributed by atoms with van der Waals surface area (Å²) < 4.78 is 0. The maximum absolute atomic E-state index is 10.3. The van der Waals surface area contributed by atoms with E-state index in [-0.39, 0.29) is 5.96 Å². The summed E-state index contributed by atoms with van der Waals surface area (Å²) in [6, 6.07) is 0. The Morgan fingerprint density at radius 2 is 1.47 bits per heavy atom. The van der Waals surface area contributed by atoms with E-state index in [1.165, 1.54) is 10.0 Å². The Kier molecular flexibility index (Phi) is 3.02. The lowest BCUT2D eigenvalue weighted by atomic mass is 10.1. The molecular formula is C11H20N6O2. The molecule has 0 saturated carbocycles. The first-order valence-corrected chi connectivity index (χ1v) is 6.08. The van der Waals surface area contributed by atoms with E-state index < -0.39 is 11.4 Å². The zero-order valence-electron chi connectivity index (χ0n) is 11.6. The van der Waals surface area contributed by atoms with Gasteiger partial charge in [-0.3, -0.25) is 0 Å². The van der Waals surface area contributed by atoms with Crippen LogP contribution in [-0.4, -0.2) is 49.1 Å². The number of nitrogens with two attached hydrogens (primary N) is 1. The SMILES string of the molecule is CC1=NN(C(=NN)N2N=C(C)CC2(C)O)C(C)(O)C1. The van der Waals surface area contributed by atoms with Crippen molar-refractivity contribution in [2.75, 3.05) is 0 Å². The summed E-state index contributed by atoms with van der Waals surface area (Å²) in [7, 11) is 0. The van der Waals surface area contributed by atoms with Crippen molar-refractivity contribution in [2.24, 2.45) is 21.1 Å². The van der Waals surface area contributed by atoms with Crippen molar-refractivity contribution in [3.05, 3.63) is 0 Å². The number of hydrazone groups is 3. The quantitative estimate of drug-likeness (QED) is 0.244. The minimum atomic E-state index is -1.23. The molecule has 0 aliphatic carbocycles. The predicted molar refractivity (Wildman–Crippen MR) is 72.0 cm³/mol. The monoisotopic (exact) mass is 268 g/mol. The van der Waals surface area contributed by atoms with E-state index in [1.54, 1.807) is 27.7 Å². The van der Waals surface area contributed by atoms with Gasteiger partial charge in [-0.25, -0.2) is 0 Å². The number of aliphatic hydroxyl groups is 2. The molecule has 4 N–H and O–H groups in total. The van der Waals surface area contributed by atoms with Crippen LogP contribution >= 0.6 is 0 Å². The van der Waals surface area contributed by atoms with Crippen molar-refractivity contribution in [1.82, 2.24) is 10.0 Å². The maximum atomic E-state index is 10.3. The predicted octanol–water partition coefficient (Wildman–Crippen LogP) is -0.204. The van der Waals surface area contributed by atoms with Crippen LogP contribution in [0.5, 0.6) is 0 Å². The molecule has 0 fully saturated rings. The van der Waals surface area contributed by atoms with Crippen molar-refractivity contribution in [3.8, 4) is 0 Å². The van der Waals surface area contributed by atoms with Crippen LogP contribution < -0.4 is 5.84 Å². The third-order valence-corrected chi connectivity index (χ3v) is 3.13. The standard InChI is InChI=1S/C11H20N6O2/c1-7-5-10(3,18)16(14-7)9(13-12)17-11(4,19)6-8(2)15-17/h18-19H,5-6,12H2,1-4H3. The highest BCUT2D eigenvalue weighted by atomic mass is 16.3. The molecule has 0 amide bonds. The Morgan fingerprint density at radius 1 is 1.11 bits per heavy atom. The molecule has 0 aromatic carbocycles. The summed E-state index contributed by atoms with van der Waals surface area (Å²) in [6.07, 6.45) is 0.759. The van der Waals surface area contributed by atoms with Crippen LogP contribution in [0.25, 0.3) is 0 Å². The fourth-order valence-electron chi connectivity index (χ4n) is 2.47. The van der Waals surface area contributed by atoms with Gasteiger partial charge in [0.05, 0.1) is 0 Å². The number of nitrogens with zero attached hydrogens (tertiary/aromatic N) is 5. The minimum Gasteiger partial charge on any atom is -0.369 e. The second-order valence-corrected chi connectivity index (χ2v) is 5.51. The lowest BCUT2D eigenvalue weighted by molar-refractivity contribution is -0.0716. The van der Waals surface area contributed by atoms with Crippen LogP contribution in [0, 0.1) is 0 Å². The summed E-state index contributed by atoms with van der Waals surface area (Å²) in [4.78, 5) is 0.